The monoisotopic (exact) mass is 373 g/mol. The number of hydrogen-bond acceptors (Lipinski definition) is 7. The molecule has 0 N–H and O–H groups in total. The first-order chi connectivity index (χ1) is 13.0. The van der Waals surface area contributed by atoms with Crippen LogP contribution in [0.4, 0.5) is 10.1 Å². The average molecular weight is 373 g/mol. The highest BCUT2D eigenvalue weighted by molar-refractivity contribution is 5.52. The highest BCUT2D eigenvalue weighted by Crippen LogP contribution is 2.33. The van der Waals surface area contributed by atoms with Gasteiger partial charge < -0.3 is 13.9 Å². The van der Waals surface area contributed by atoms with Gasteiger partial charge in [-0.3, -0.25) is 10.1 Å². The molecule has 0 amide bonds. The molecular formula is C17H12FN3O6. The molecule has 0 atom stereocenters. The molecule has 1 aliphatic rings. The SMILES string of the molecule is O=c1oc(-c2ccc(F)cc2)nn1Cc1cc([N+](=O)[O-])cc2c1OCOC2. The Labute approximate surface area is 150 Å². The summed E-state index contributed by atoms with van der Waals surface area (Å²) in [4.78, 5) is 22.8. The molecule has 1 aliphatic heterocycles. The predicted octanol–water partition coefficient (Wildman–Crippen LogP) is 2.47. The van der Waals surface area contributed by atoms with E-state index >= 15 is 0 Å². The van der Waals surface area contributed by atoms with Crippen LogP contribution >= 0.6 is 0 Å². The maximum atomic E-state index is 13.0. The number of halogens is 1. The summed E-state index contributed by atoms with van der Waals surface area (Å²) in [6.45, 7) is 0.0818. The quantitative estimate of drug-likeness (QED) is 0.510. The molecule has 0 bridgehead atoms. The lowest BCUT2D eigenvalue weighted by Gasteiger charge is -2.20. The summed E-state index contributed by atoms with van der Waals surface area (Å²) < 4.78 is 29.8. The zero-order valence-corrected chi connectivity index (χ0v) is 13.8. The number of rotatable bonds is 4. The Bertz CT molecular complexity index is 1070. The van der Waals surface area contributed by atoms with Crippen LogP contribution in [0.2, 0.25) is 0 Å². The Hall–Kier alpha value is -3.53. The number of nitrogens with zero attached hydrogens (tertiary/aromatic N) is 3. The fourth-order valence-corrected chi connectivity index (χ4v) is 2.78. The smallest absolute Gasteiger partial charge is 0.437 e. The van der Waals surface area contributed by atoms with Crippen molar-refractivity contribution >= 4 is 5.69 Å². The number of nitro groups is 1. The van der Waals surface area contributed by atoms with Gasteiger partial charge in [-0.25, -0.2) is 9.18 Å². The summed E-state index contributed by atoms with van der Waals surface area (Å²) in [5, 5.41) is 15.3. The third-order valence-corrected chi connectivity index (χ3v) is 4.00. The second-order valence-corrected chi connectivity index (χ2v) is 5.80. The Morgan fingerprint density at radius 1 is 1.26 bits per heavy atom. The maximum absolute atomic E-state index is 13.0. The third-order valence-electron chi connectivity index (χ3n) is 4.00. The fourth-order valence-electron chi connectivity index (χ4n) is 2.78. The summed E-state index contributed by atoms with van der Waals surface area (Å²) in [6.07, 6.45) is 0. The van der Waals surface area contributed by atoms with E-state index in [9.17, 15) is 19.3 Å². The summed E-state index contributed by atoms with van der Waals surface area (Å²) >= 11 is 0. The van der Waals surface area contributed by atoms with Crippen molar-refractivity contribution in [1.29, 1.82) is 0 Å². The van der Waals surface area contributed by atoms with E-state index in [0.29, 0.717) is 22.4 Å². The number of benzene rings is 2. The molecule has 2 aromatic carbocycles. The molecule has 3 aromatic rings. The summed E-state index contributed by atoms with van der Waals surface area (Å²) in [5.41, 5.74) is 1.20. The van der Waals surface area contributed by atoms with Gasteiger partial charge in [-0.2, -0.15) is 4.68 Å². The number of nitro benzene ring substituents is 1. The highest BCUT2D eigenvalue weighted by Gasteiger charge is 2.22. The Kier molecular flexibility index (Phi) is 4.16. The van der Waals surface area contributed by atoms with E-state index in [1.807, 2.05) is 0 Å². The molecule has 0 spiro atoms. The van der Waals surface area contributed by atoms with Crippen molar-refractivity contribution in [2.45, 2.75) is 13.2 Å². The Morgan fingerprint density at radius 2 is 2.04 bits per heavy atom. The number of fused-ring (bicyclic) bond motifs is 1. The first kappa shape index (κ1) is 16.9. The van der Waals surface area contributed by atoms with Crippen molar-refractivity contribution in [2.75, 3.05) is 6.79 Å². The lowest BCUT2D eigenvalue weighted by Crippen LogP contribution is -2.19. The second kappa shape index (κ2) is 6.65. The van der Waals surface area contributed by atoms with E-state index in [2.05, 4.69) is 5.10 Å². The summed E-state index contributed by atoms with van der Waals surface area (Å²) in [7, 11) is 0. The number of ether oxygens (including phenoxy) is 2. The molecule has 0 unspecified atom stereocenters. The molecule has 0 radical (unpaired) electrons. The van der Waals surface area contributed by atoms with Crippen LogP contribution in [0.3, 0.4) is 0 Å². The highest BCUT2D eigenvalue weighted by atomic mass is 19.1. The predicted molar refractivity (Wildman–Crippen MR) is 88.6 cm³/mol. The van der Waals surface area contributed by atoms with E-state index in [1.165, 1.54) is 36.4 Å². The molecule has 0 saturated carbocycles. The number of hydrogen-bond donors (Lipinski definition) is 0. The van der Waals surface area contributed by atoms with E-state index in [0.717, 1.165) is 4.68 Å². The van der Waals surface area contributed by atoms with Gasteiger partial charge in [-0.05, 0) is 24.3 Å². The van der Waals surface area contributed by atoms with Gasteiger partial charge in [0.15, 0.2) is 6.79 Å². The van der Waals surface area contributed by atoms with Crippen LogP contribution in [-0.2, 0) is 17.9 Å². The minimum absolute atomic E-state index is 0.00630. The first-order valence-corrected chi connectivity index (χ1v) is 7.86. The van der Waals surface area contributed by atoms with E-state index in [1.54, 1.807) is 0 Å². The van der Waals surface area contributed by atoms with Crippen molar-refractivity contribution in [3.05, 3.63) is 74.0 Å². The fraction of sp³-hybridized carbons (Fsp3) is 0.176. The minimum atomic E-state index is -0.748. The van der Waals surface area contributed by atoms with Crippen LogP contribution in [0.15, 0.2) is 45.6 Å². The van der Waals surface area contributed by atoms with Crippen molar-refractivity contribution in [2.24, 2.45) is 0 Å². The van der Waals surface area contributed by atoms with Gasteiger partial charge in [-0.15, -0.1) is 5.10 Å². The van der Waals surface area contributed by atoms with Gasteiger partial charge in [0.05, 0.1) is 18.1 Å². The van der Waals surface area contributed by atoms with Crippen molar-refractivity contribution < 1.29 is 23.2 Å². The van der Waals surface area contributed by atoms with E-state index in [4.69, 9.17) is 13.9 Å². The van der Waals surface area contributed by atoms with Crippen LogP contribution in [0.25, 0.3) is 11.5 Å². The van der Waals surface area contributed by atoms with E-state index < -0.39 is 16.5 Å². The molecule has 27 heavy (non-hydrogen) atoms. The molecule has 0 aliphatic carbocycles. The molecule has 10 heteroatoms. The molecule has 9 nitrogen and oxygen atoms in total. The Balaban J connectivity index is 1.72. The zero-order chi connectivity index (χ0) is 19.0. The molecule has 138 valence electrons. The molecular weight excluding hydrogens is 361 g/mol. The van der Waals surface area contributed by atoms with Crippen molar-refractivity contribution in [3.63, 3.8) is 0 Å². The van der Waals surface area contributed by atoms with E-state index in [-0.39, 0.29) is 31.5 Å². The lowest BCUT2D eigenvalue weighted by atomic mass is 10.1. The van der Waals surface area contributed by atoms with Crippen LogP contribution in [-0.4, -0.2) is 21.5 Å². The van der Waals surface area contributed by atoms with Gasteiger partial charge in [0.1, 0.15) is 11.6 Å². The average Bonchev–Trinajstić information content (AvgIpc) is 3.02. The summed E-state index contributed by atoms with van der Waals surface area (Å²) in [5.74, 6) is -0.738. The van der Waals surface area contributed by atoms with Crippen LogP contribution in [0.1, 0.15) is 11.1 Å². The zero-order valence-electron chi connectivity index (χ0n) is 13.8. The third kappa shape index (κ3) is 3.29. The van der Waals surface area contributed by atoms with Crippen LogP contribution < -0.4 is 10.5 Å². The largest absolute Gasteiger partial charge is 0.467 e. The molecule has 4 rings (SSSR count). The second-order valence-electron chi connectivity index (χ2n) is 5.80. The van der Waals surface area contributed by atoms with Gasteiger partial charge in [0.25, 0.3) is 5.69 Å². The minimum Gasteiger partial charge on any atom is -0.467 e. The first-order valence-electron chi connectivity index (χ1n) is 7.86. The lowest BCUT2D eigenvalue weighted by molar-refractivity contribution is -0.385. The number of aromatic nitrogens is 2. The maximum Gasteiger partial charge on any atom is 0.437 e. The van der Waals surface area contributed by atoms with Crippen LogP contribution in [0, 0.1) is 15.9 Å². The standard InChI is InChI=1S/C17H12FN3O6/c18-13-3-1-10(2-4-13)16-19-20(17(22)27-16)7-11-5-14(21(23)24)6-12-8-25-9-26-15(11)12/h1-6H,7-9H2. The van der Waals surface area contributed by atoms with Gasteiger partial charge in [0.2, 0.25) is 5.89 Å². The van der Waals surface area contributed by atoms with Crippen molar-refractivity contribution in [1.82, 2.24) is 9.78 Å². The molecule has 0 saturated heterocycles. The van der Waals surface area contributed by atoms with Gasteiger partial charge in [0, 0.05) is 28.8 Å². The Morgan fingerprint density at radius 3 is 2.78 bits per heavy atom. The molecule has 0 fully saturated rings. The number of non-ortho nitro benzene ring substituents is 1. The normalized spacial score (nSPS) is 13.1. The van der Waals surface area contributed by atoms with Crippen molar-refractivity contribution in [3.8, 4) is 17.2 Å². The van der Waals surface area contributed by atoms with Gasteiger partial charge in [-0.1, -0.05) is 0 Å². The molecule has 1 aromatic heterocycles. The summed E-state index contributed by atoms with van der Waals surface area (Å²) in [6, 6.07) is 8.00. The van der Waals surface area contributed by atoms with Crippen LogP contribution in [0.5, 0.6) is 5.75 Å². The topological polar surface area (TPSA) is 110 Å². The van der Waals surface area contributed by atoms with Gasteiger partial charge >= 0.3 is 5.76 Å². The molecule has 2 heterocycles.